The van der Waals surface area contributed by atoms with Gasteiger partial charge in [0.2, 0.25) is 0 Å². The van der Waals surface area contributed by atoms with Crippen LogP contribution in [-0.4, -0.2) is 17.4 Å². The first-order chi connectivity index (χ1) is 13.8. The van der Waals surface area contributed by atoms with Gasteiger partial charge in [0.25, 0.3) is 11.8 Å². The Bertz CT molecular complexity index is 976. The smallest absolute Gasteiger partial charge is 0.258 e. The summed E-state index contributed by atoms with van der Waals surface area (Å²) >= 11 is 0. The number of amides is 2. The molecule has 4 heteroatoms. The van der Waals surface area contributed by atoms with E-state index in [2.05, 4.69) is 5.32 Å². The summed E-state index contributed by atoms with van der Waals surface area (Å²) in [6, 6.07) is 26.3. The predicted molar refractivity (Wildman–Crippen MR) is 117 cm³/mol. The second kappa shape index (κ2) is 8.74. The van der Waals surface area contributed by atoms with Gasteiger partial charge in [-0.1, -0.05) is 54.6 Å². The number of nitrogens with one attached hydrogen (secondary N) is 1. The number of carbonyl (C=O) groups is 2. The normalized spacial score (nSPS) is 11.0. The number of carbonyl (C=O) groups excluding carboxylic acids is 2. The highest BCUT2D eigenvalue weighted by atomic mass is 16.2. The lowest BCUT2D eigenvalue weighted by molar-refractivity contribution is 0.0919. The van der Waals surface area contributed by atoms with Gasteiger partial charge in [-0.2, -0.15) is 0 Å². The van der Waals surface area contributed by atoms with E-state index >= 15 is 0 Å². The van der Waals surface area contributed by atoms with Crippen LogP contribution in [0.15, 0.2) is 84.9 Å². The molecule has 0 radical (unpaired) electrons. The molecule has 0 aromatic heterocycles. The Balaban J connectivity index is 1.92. The number of rotatable bonds is 5. The first-order valence-electron chi connectivity index (χ1n) is 9.67. The lowest BCUT2D eigenvalue weighted by Crippen LogP contribution is -2.40. The zero-order chi connectivity index (χ0) is 20.9. The van der Waals surface area contributed by atoms with Gasteiger partial charge in [0.15, 0.2) is 0 Å². The molecule has 0 unspecified atom stereocenters. The van der Waals surface area contributed by atoms with Crippen molar-refractivity contribution >= 4 is 17.5 Å². The molecule has 0 saturated carbocycles. The Kier molecular flexibility index (Phi) is 6.13. The topological polar surface area (TPSA) is 49.4 Å². The van der Waals surface area contributed by atoms with Crippen LogP contribution >= 0.6 is 0 Å². The van der Waals surface area contributed by atoms with Crippen molar-refractivity contribution in [3.8, 4) is 0 Å². The van der Waals surface area contributed by atoms with Crippen LogP contribution < -0.4 is 10.2 Å². The van der Waals surface area contributed by atoms with Crippen molar-refractivity contribution in [3.05, 3.63) is 102 Å². The van der Waals surface area contributed by atoms with Crippen molar-refractivity contribution in [2.24, 2.45) is 0 Å². The third-order valence-electron chi connectivity index (χ3n) is 4.36. The maximum atomic E-state index is 13.4. The van der Waals surface area contributed by atoms with Crippen molar-refractivity contribution in [1.82, 2.24) is 5.32 Å². The fraction of sp³-hybridized carbons (Fsp3) is 0.200. The van der Waals surface area contributed by atoms with E-state index in [0.717, 1.165) is 11.3 Å². The van der Waals surface area contributed by atoms with Crippen molar-refractivity contribution < 1.29 is 9.59 Å². The van der Waals surface area contributed by atoms with Crippen LogP contribution in [0.3, 0.4) is 0 Å². The minimum atomic E-state index is -0.347. The lowest BCUT2D eigenvalue weighted by atomic mass is 10.1. The largest absolute Gasteiger partial charge is 0.347 e. The second-order valence-electron chi connectivity index (χ2n) is 8.00. The molecular weight excluding hydrogens is 360 g/mol. The molecule has 0 atom stereocenters. The molecule has 0 aliphatic carbocycles. The molecule has 148 valence electrons. The molecule has 2 amide bonds. The van der Waals surface area contributed by atoms with Gasteiger partial charge >= 0.3 is 0 Å². The maximum Gasteiger partial charge on any atom is 0.258 e. The van der Waals surface area contributed by atoms with Gasteiger partial charge in [0.1, 0.15) is 0 Å². The third kappa shape index (κ3) is 5.55. The Morgan fingerprint density at radius 3 is 2.00 bits per heavy atom. The molecule has 29 heavy (non-hydrogen) atoms. The van der Waals surface area contributed by atoms with Crippen molar-refractivity contribution in [1.29, 1.82) is 0 Å². The summed E-state index contributed by atoms with van der Waals surface area (Å²) in [4.78, 5) is 27.7. The minimum absolute atomic E-state index is 0.148. The number of nitrogens with zero attached hydrogens (tertiary/aromatic N) is 1. The van der Waals surface area contributed by atoms with Gasteiger partial charge in [-0.15, -0.1) is 0 Å². The van der Waals surface area contributed by atoms with Crippen LogP contribution in [0.2, 0.25) is 0 Å². The molecule has 3 aromatic rings. The zero-order valence-corrected chi connectivity index (χ0v) is 17.1. The molecule has 1 N–H and O–H groups in total. The summed E-state index contributed by atoms with van der Waals surface area (Å²) in [6.07, 6.45) is 0. The molecule has 0 saturated heterocycles. The first-order valence-corrected chi connectivity index (χ1v) is 9.67. The lowest BCUT2D eigenvalue weighted by Gasteiger charge is -2.24. The summed E-state index contributed by atoms with van der Waals surface area (Å²) < 4.78 is 0. The predicted octanol–water partition coefficient (Wildman–Crippen LogP) is 5.06. The van der Waals surface area contributed by atoms with Gasteiger partial charge < -0.3 is 10.2 Å². The van der Waals surface area contributed by atoms with Crippen LogP contribution in [0.25, 0.3) is 0 Å². The van der Waals surface area contributed by atoms with E-state index in [4.69, 9.17) is 0 Å². The van der Waals surface area contributed by atoms with Gasteiger partial charge in [-0.3, -0.25) is 9.59 Å². The molecule has 0 heterocycles. The SMILES string of the molecule is CC(C)(C)NC(=O)c1cccc(C(=O)N(Cc2ccccc2)c2ccccc2)c1. The molecule has 3 rings (SSSR count). The molecule has 0 spiro atoms. The summed E-state index contributed by atoms with van der Waals surface area (Å²) in [5.41, 5.74) is 2.45. The Morgan fingerprint density at radius 2 is 1.38 bits per heavy atom. The average Bonchev–Trinajstić information content (AvgIpc) is 2.72. The molecule has 0 aliphatic rings. The molecular formula is C25H26N2O2. The molecule has 4 nitrogen and oxygen atoms in total. The summed E-state index contributed by atoms with van der Waals surface area (Å²) in [6.45, 7) is 6.23. The quantitative estimate of drug-likeness (QED) is 0.666. The highest BCUT2D eigenvalue weighted by Crippen LogP contribution is 2.21. The van der Waals surface area contributed by atoms with Crippen LogP contribution in [-0.2, 0) is 6.54 Å². The summed E-state index contributed by atoms with van der Waals surface area (Å²) in [5.74, 6) is -0.341. The van der Waals surface area contributed by atoms with Gasteiger partial charge in [-0.05, 0) is 56.7 Å². The molecule has 3 aromatic carbocycles. The average molecular weight is 386 g/mol. The van der Waals surface area contributed by atoms with E-state index in [9.17, 15) is 9.59 Å². The van der Waals surface area contributed by atoms with E-state index in [0.29, 0.717) is 17.7 Å². The first kappa shape index (κ1) is 20.3. The summed E-state index contributed by atoms with van der Waals surface area (Å²) in [5, 5.41) is 2.94. The van der Waals surface area contributed by atoms with Crippen LogP contribution in [0.5, 0.6) is 0 Å². The highest BCUT2D eigenvalue weighted by Gasteiger charge is 2.20. The maximum absolute atomic E-state index is 13.4. The monoisotopic (exact) mass is 386 g/mol. The van der Waals surface area contributed by atoms with Crippen LogP contribution in [0, 0.1) is 0 Å². The summed E-state index contributed by atoms with van der Waals surface area (Å²) in [7, 11) is 0. The number of anilines is 1. The minimum Gasteiger partial charge on any atom is -0.347 e. The molecule has 0 aliphatic heterocycles. The Hall–Kier alpha value is -3.40. The Labute approximate surface area is 172 Å². The van der Waals surface area contributed by atoms with Crippen LogP contribution in [0.4, 0.5) is 5.69 Å². The van der Waals surface area contributed by atoms with E-state index in [1.165, 1.54) is 0 Å². The molecule has 0 fully saturated rings. The van der Waals surface area contributed by atoms with Crippen molar-refractivity contribution in [2.45, 2.75) is 32.9 Å². The number of hydrogen-bond acceptors (Lipinski definition) is 2. The van der Waals surface area contributed by atoms with Gasteiger partial charge in [0.05, 0.1) is 6.54 Å². The van der Waals surface area contributed by atoms with E-state index in [-0.39, 0.29) is 17.4 Å². The van der Waals surface area contributed by atoms with Crippen molar-refractivity contribution in [3.63, 3.8) is 0 Å². The zero-order valence-electron chi connectivity index (χ0n) is 17.1. The fourth-order valence-electron chi connectivity index (χ4n) is 3.02. The number of para-hydroxylation sites is 1. The standard InChI is InChI=1S/C25H26N2O2/c1-25(2,3)26-23(28)20-13-10-14-21(17-20)24(29)27(22-15-8-5-9-16-22)18-19-11-6-4-7-12-19/h4-17H,18H2,1-3H3,(H,26,28). The highest BCUT2D eigenvalue weighted by molar-refractivity contribution is 6.07. The van der Waals surface area contributed by atoms with E-state index < -0.39 is 0 Å². The number of hydrogen-bond donors (Lipinski definition) is 1. The number of benzene rings is 3. The van der Waals surface area contributed by atoms with Gasteiger partial charge in [-0.25, -0.2) is 0 Å². The van der Waals surface area contributed by atoms with Crippen LogP contribution in [0.1, 0.15) is 47.1 Å². The van der Waals surface area contributed by atoms with Gasteiger partial charge in [0, 0.05) is 22.4 Å². The molecule has 0 bridgehead atoms. The van der Waals surface area contributed by atoms with E-state index in [1.807, 2.05) is 81.4 Å². The van der Waals surface area contributed by atoms with E-state index in [1.54, 1.807) is 29.2 Å². The van der Waals surface area contributed by atoms with Crippen molar-refractivity contribution in [2.75, 3.05) is 4.90 Å². The Morgan fingerprint density at radius 1 is 0.793 bits per heavy atom. The third-order valence-corrected chi connectivity index (χ3v) is 4.36. The second-order valence-corrected chi connectivity index (χ2v) is 8.00. The fourth-order valence-corrected chi connectivity index (χ4v) is 3.02.